The van der Waals surface area contributed by atoms with Crippen LogP contribution in [0, 0.1) is 0 Å². The second-order valence-corrected chi connectivity index (χ2v) is 6.60. The lowest BCUT2D eigenvalue weighted by Gasteiger charge is -2.10. The maximum Gasteiger partial charge on any atom is 0.251 e. The van der Waals surface area contributed by atoms with Crippen LogP contribution in [0.25, 0.3) is 10.9 Å². The van der Waals surface area contributed by atoms with Crippen molar-refractivity contribution in [3.05, 3.63) is 63.9 Å². The first kappa shape index (κ1) is 20.1. The van der Waals surface area contributed by atoms with Crippen LogP contribution in [0.3, 0.4) is 0 Å². The lowest BCUT2D eigenvalue weighted by atomic mass is 10.1. The van der Waals surface area contributed by atoms with Crippen LogP contribution in [0.1, 0.15) is 29.3 Å². The molecule has 0 aliphatic carbocycles. The van der Waals surface area contributed by atoms with Gasteiger partial charge < -0.3 is 19.8 Å². The summed E-state index contributed by atoms with van der Waals surface area (Å²) in [6.45, 7) is 1.49. The van der Waals surface area contributed by atoms with Gasteiger partial charge in [-0.25, -0.2) is 0 Å². The van der Waals surface area contributed by atoms with Crippen molar-refractivity contribution in [3.63, 3.8) is 0 Å². The highest BCUT2D eigenvalue weighted by Crippen LogP contribution is 2.31. The summed E-state index contributed by atoms with van der Waals surface area (Å²) in [4.78, 5) is 38.7. The highest BCUT2D eigenvalue weighted by Gasteiger charge is 2.11. The molecule has 0 spiro atoms. The summed E-state index contributed by atoms with van der Waals surface area (Å²) in [7, 11) is 3.08. The number of hydrogen-bond donors (Lipinski definition) is 2. The minimum absolute atomic E-state index is 0.0346. The third-order valence-corrected chi connectivity index (χ3v) is 4.62. The SMILES string of the molecule is COc1cc2cc(CCC(=O)Nc3ccc(C(C)=O)cc3)c(=O)[nH]c2cc1OC. The predicted octanol–water partition coefficient (Wildman–Crippen LogP) is 3.32. The summed E-state index contributed by atoms with van der Waals surface area (Å²) in [5, 5.41) is 3.56. The number of pyridine rings is 1. The molecule has 7 nitrogen and oxygen atoms in total. The van der Waals surface area contributed by atoms with Crippen LogP contribution in [0.4, 0.5) is 5.69 Å². The molecule has 0 aliphatic rings. The second kappa shape index (κ2) is 8.60. The van der Waals surface area contributed by atoms with Crippen molar-refractivity contribution in [2.24, 2.45) is 0 Å². The van der Waals surface area contributed by atoms with Crippen LogP contribution in [0.2, 0.25) is 0 Å². The van der Waals surface area contributed by atoms with Gasteiger partial charge in [0.25, 0.3) is 5.56 Å². The number of aromatic nitrogens is 1. The average Bonchev–Trinajstić information content (AvgIpc) is 2.71. The van der Waals surface area contributed by atoms with E-state index in [1.807, 2.05) is 0 Å². The number of ketones is 1. The standard InChI is InChI=1S/C22H22N2O5/c1-13(25)14-4-7-17(8-5-14)23-21(26)9-6-15-10-16-11-19(28-2)20(29-3)12-18(16)24-22(15)27/h4-5,7-8,10-12H,6,9H2,1-3H3,(H,23,26)(H,24,27). The first-order chi connectivity index (χ1) is 13.9. The highest BCUT2D eigenvalue weighted by molar-refractivity contribution is 5.95. The van der Waals surface area contributed by atoms with Gasteiger partial charge in [0.1, 0.15) is 0 Å². The molecule has 2 aromatic carbocycles. The van der Waals surface area contributed by atoms with E-state index in [9.17, 15) is 14.4 Å². The van der Waals surface area contributed by atoms with Crippen LogP contribution < -0.4 is 20.3 Å². The molecule has 1 amide bonds. The van der Waals surface area contributed by atoms with Gasteiger partial charge in [-0.3, -0.25) is 14.4 Å². The van der Waals surface area contributed by atoms with Crippen LogP contribution in [-0.2, 0) is 11.2 Å². The van der Waals surface area contributed by atoms with Gasteiger partial charge in [0.15, 0.2) is 17.3 Å². The molecule has 7 heteroatoms. The van der Waals surface area contributed by atoms with E-state index in [0.29, 0.717) is 33.8 Å². The van der Waals surface area contributed by atoms with Gasteiger partial charge in [0.2, 0.25) is 5.91 Å². The van der Waals surface area contributed by atoms with Gasteiger partial charge in [0, 0.05) is 34.7 Å². The number of aromatic amines is 1. The number of Topliss-reactive ketones (excluding diaryl/α,β-unsaturated/α-hetero) is 1. The summed E-state index contributed by atoms with van der Waals surface area (Å²) in [6, 6.07) is 11.9. The van der Waals surface area contributed by atoms with Crippen molar-refractivity contribution >= 4 is 28.3 Å². The van der Waals surface area contributed by atoms with E-state index >= 15 is 0 Å². The Morgan fingerprint density at radius 1 is 1.00 bits per heavy atom. The number of carbonyl (C=O) groups is 2. The lowest BCUT2D eigenvalue weighted by Crippen LogP contribution is -2.17. The summed E-state index contributed by atoms with van der Waals surface area (Å²) in [6.07, 6.45) is 0.438. The zero-order valence-corrected chi connectivity index (χ0v) is 16.5. The van der Waals surface area contributed by atoms with Crippen molar-refractivity contribution in [1.82, 2.24) is 4.98 Å². The van der Waals surface area contributed by atoms with E-state index in [1.165, 1.54) is 14.0 Å². The molecule has 0 fully saturated rings. The summed E-state index contributed by atoms with van der Waals surface area (Å²) in [5.74, 6) is 0.836. The Kier molecular flexibility index (Phi) is 5.97. The first-order valence-corrected chi connectivity index (χ1v) is 9.10. The summed E-state index contributed by atoms with van der Waals surface area (Å²) in [5.41, 5.74) is 2.07. The second-order valence-electron chi connectivity index (χ2n) is 6.60. The maximum atomic E-state index is 12.4. The van der Waals surface area contributed by atoms with Crippen molar-refractivity contribution in [3.8, 4) is 11.5 Å². The van der Waals surface area contributed by atoms with E-state index in [4.69, 9.17) is 9.47 Å². The minimum Gasteiger partial charge on any atom is -0.493 e. The topological polar surface area (TPSA) is 97.5 Å². The fourth-order valence-electron chi connectivity index (χ4n) is 3.02. The molecule has 1 heterocycles. The Hall–Kier alpha value is -3.61. The molecule has 1 aromatic heterocycles. The summed E-state index contributed by atoms with van der Waals surface area (Å²) < 4.78 is 10.6. The Balaban J connectivity index is 1.72. The summed E-state index contributed by atoms with van der Waals surface area (Å²) >= 11 is 0. The van der Waals surface area contributed by atoms with E-state index in [-0.39, 0.29) is 30.1 Å². The molecule has 2 N–H and O–H groups in total. The van der Waals surface area contributed by atoms with Crippen LogP contribution >= 0.6 is 0 Å². The molecule has 3 rings (SSSR count). The fraction of sp³-hybridized carbons (Fsp3) is 0.227. The van der Waals surface area contributed by atoms with E-state index in [0.717, 1.165) is 5.39 Å². The van der Waals surface area contributed by atoms with Crippen LogP contribution in [-0.4, -0.2) is 30.9 Å². The number of fused-ring (bicyclic) bond motifs is 1. The fourth-order valence-corrected chi connectivity index (χ4v) is 3.02. The number of nitrogens with one attached hydrogen (secondary N) is 2. The third kappa shape index (κ3) is 4.63. The zero-order chi connectivity index (χ0) is 21.0. The largest absolute Gasteiger partial charge is 0.493 e. The monoisotopic (exact) mass is 394 g/mol. The zero-order valence-electron chi connectivity index (χ0n) is 16.5. The number of aryl methyl sites for hydroxylation is 1. The van der Waals surface area contributed by atoms with Gasteiger partial charge >= 0.3 is 0 Å². The van der Waals surface area contributed by atoms with Crippen molar-refractivity contribution < 1.29 is 19.1 Å². The number of H-pyrrole nitrogens is 1. The van der Waals surface area contributed by atoms with E-state index in [1.54, 1.807) is 49.6 Å². The minimum atomic E-state index is -0.247. The van der Waals surface area contributed by atoms with Gasteiger partial charge in [0.05, 0.1) is 19.7 Å². The molecule has 3 aromatic rings. The van der Waals surface area contributed by atoms with Crippen molar-refractivity contribution in [2.75, 3.05) is 19.5 Å². The number of hydrogen-bond acceptors (Lipinski definition) is 5. The molecular weight excluding hydrogens is 372 g/mol. The lowest BCUT2D eigenvalue weighted by molar-refractivity contribution is -0.116. The number of methoxy groups -OCH3 is 2. The molecule has 150 valence electrons. The molecule has 0 saturated carbocycles. The Morgan fingerprint density at radius 3 is 2.28 bits per heavy atom. The Bertz CT molecular complexity index is 1120. The molecule has 0 unspecified atom stereocenters. The van der Waals surface area contributed by atoms with Gasteiger partial charge in [-0.15, -0.1) is 0 Å². The number of anilines is 1. The molecule has 0 aliphatic heterocycles. The van der Waals surface area contributed by atoms with Crippen LogP contribution in [0.15, 0.2) is 47.3 Å². The Labute approximate surface area is 167 Å². The average molecular weight is 394 g/mol. The van der Waals surface area contributed by atoms with Gasteiger partial charge in [-0.1, -0.05) is 0 Å². The van der Waals surface area contributed by atoms with E-state index < -0.39 is 0 Å². The highest BCUT2D eigenvalue weighted by atomic mass is 16.5. The predicted molar refractivity (Wildman–Crippen MR) is 111 cm³/mol. The van der Waals surface area contributed by atoms with E-state index in [2.05, 4.69) is 10.3 Å². The molecule has 0 bridgehead atoms. The smallest absolute Gasteiger partial charge is 0.251 e. The number of amides is 1. The van der Waals surface area contributed by atoms with Gasteiger partial charge in [-0.2, -0.15) is 0 Å². The van der Waals surface area contributed by atoms with Crippen molar-refractivity contribution in [2.45, 2.75) is 19.8 Å². The number of benzene rings is 2. The molecule has 29 heavy (non-hydrogen) atoms. The van der Waals surface area contributed by atoms with Crippen LogP contribution in [0.5, 0.6) is 11.5 Å². The third-order valence-electron chi connectivity index (χ3n) is 4.62. The number of carbonyl (C=O) groups excluding carboxylic acids is 2. The first-order valence-electron chi connectivity index (χ1n) is 9.10. The Morgan fingerprint density at radius 2 is 1.66 bits per heavy atom. The number of ether oxygens (including phenoxy) is 2. The van der Waals surface area contributed by atoms with Crippen molar-refractivity contribution in [1.29, 1.82) is 0 Å². The molecule has 0 atom stereocenters. The molecular formula is C22H22N2O5. The number of rotatable bonds is 7. The normalized spacial score (nSPS) is 10.6. The maximum absolute atomic E-state index is 12.4. The molecule has 0 saturated heterocycles. The quantitative estimate of drug-likeness (QED) is 0.599. The van der Waals surface area contributed by atoms with Gasteiger partial charge in [-0.05, 0) is 49.7 Å². The molecule has 0 radical (unpaired) electrons.